The molecule has 1 fully saturated rings. The van der Waals surface area contributed by atoms with Crippen LogP contribution in [0.4, 0.5) is 5.69 Å². The van der Waals surface area contributed by atoms with Crippen molar-refractivity contribution in [2.24, 2.45) is 0 Å². The number of rotatable bonds is 4. The Kier molecular flexibility index (Phi) is 4.57. The van der Waals surface area contributed by atoms with E-state index in [1.165, 1.54) is 11.3 Å². The summed E-state index contributed by atoms with van der Waals surface area (Å²) < 4.78 is 11.2. The molecule has 0 radical (unpaired) electrons. The zero-order valence-corrected chi connectivity index (χ0v) is 11.1. The smallest absolute Gasteiger partial charge is 0.0363 e. The van der Waals surface area contributed by atoms with Crippen LogP contribution in [0.2, 0.25) is 0 Å². The Hall–Kier alpha value is -0.870. The topological polar surface area (TPSA) is 32.3 Å². The third-order valence-electron chi connectivity index (χ3n) is 3.05. The second kappa shape index (κ2) is 6.17. The number of aryl methyl sites for hydroxylation is 1. The Morgan fingerprint density at radius 2 is 2.12 bits per heavy atom. The van der Waals surface area contributed by atoms with Gasteiger partial charge in [0.2, 0.25) is 0 Å². The molecule has 0 bridgehead atoms. The third-order valence-corrected chi connectivity index (χ3v) is 4.32. The van der Waals surface area contributed by atoms with Gasteiger partial charge in [-0.05, 0) is 24.6 Å². The first kappa shape index (κ1) is 12.6. The van der Waals surface area contributed by atoms with E-state index in [4.69, 9.17) is 0 Å². The average molecular weight is 252 g/mol. The second-order valence-corrected chi connectivity index (χ2v) is 6.18. The largest absolute Gasteiger partial charge is 0.384 e. The molecule has 0 aliphatic carbocycles. The standard InChI is InChI=1S/C13H20N2OS/c1-12-3-2-4-13(11-12)14-5-6-15-7-9-17(16)10-8-15/h2-4,11,14H,5-10H2,1H3. The van der Waals surface area contributed by atoms with Crippen molar-refractivity contribution in [2.45, 2.75) is 6.92 Å². The molecule has 4 heteroatoms. The van der Waals surface area contributed by atoms with Crippen molar-refractivity contribution in [3.8, 4) is 0 Å². The van der Waals surface area contributed by atoms with E-state index in [1.807, 2.05) is 0 Å². The van der Waals surface area contributed by atoms with E-state index in [-0.39, 0.29) is 0 Å². The van der Waals surface area contributed by atoms with Crippen molar-refractivity contribution < 1.29 is 4.21 Å². The summed E-state index contributed by atoms with van der Waals surface area (Å²) in [6, 6.07) is 8.43. The fourth-order valence-electron chi connectivity index (χ4n) is 2.01. The fourth-order valence-corrected chi connectivity index (χ4v) is 3.14. The van der Waals surface area contributed by atoms with E-state index < -0.39 is 10.8 Å². The number of anilines is 1. The van der Waals surface area contributed by atoms with Gasteiger partial charge in [-0.25, -0.2) is 0 Å². The minimum atomic E-state index is -0.568. The predicted octanol–water partition coefficient (Wildman–Crippen LogP) is 1.47. The molecule has 2 rings (SSSR count). The van der Waals surface area contributed by atoms with Gasteiger partial charge >= 0.3 is 0 Å². The van der Waals surface area contributed by atoms with Gasteiger partial charge in [0.05, 0.1) is 0 Å². The van der Waals surface area contributed by atoms with Gasteiger partial charge in [-0.2, -0.15) is 0 Å². The van der Waals surface area contributed by atoms with Crippen LogP contribution in [-0.2, 0) is 10.8 Å². The van der Waals surface area contributed by atoms with Gasteiger partial charge in [0.15, 0.2) is 0 Å². The molecule has 0 spiro atoms. The lowest BCUT2D eigenvalue weighted by Gasteiger charge is -2.26. The molecule has 1 aliphatic heterocycles. The molecule has 1 aromatic carbocycles. The van der Waals surface area contributed by atoms with Crippen molar-refractivity contribution in [1.82, 2.24) is 4.90 Å². The predicted molar refractivity (Wildman–Crippen MR) is 74.0 cm³/mol. The van der Waals surface area contributed by atoms with E-state index in [9.17, 15) is 4.21 Å². The summed E-state index contributed by atoms with van der Waals surface area (Å²) in [5.74, 6) is 1.68. The van der Waals surface area contributed by atoms with Crippen molar-refractivity contribution in [3.05, 3.63) is 29.8 Å². The summed E-state index contributed by atoms with van der Waals surface area (Å²) in [5.41, 5.74) is 2.47. The highest BCUT2D eigenvalue weighted by molar-refractivity contribution is 7.85. The highest BCUT2D eigenvalue weighted by Gasteiger charge is 2.13. The average Bonchev–Trinajstić information content (AvgIpc) is 2.32. The summed E-state index contributed by atoms with van der Waals surface area (Å²) >= 11 is 0. The molecule has 1 aliphatic rings. The number of hydrogen-bond acceptors (Lipinski definition) is 3. The molecular formula is C13H20N2OS. The zero-order valence-electron chi connectivity index (χ0n) is 10.3. The first-order chi connectivity index (χ1) is 8.24. The number of hydrogen-bond donors (Lipinski definition) is 1. The summed E-state index contributed by atoms with van der Waals surface area (Å²) in [5, 5.41) is 3.43. The van der Waals surface area contributed by atoms with E-state index in [1.54, 1.807) is 0 Å². The molecule has 3 nitrogen and oxygen atoms in total. The van der Waals surface area contributed by atoms with Crippen LogP contribution in [0.5, 0.6) is 0 Å². The summed E-state index contributed by atoms with van der Waals surface area (Å²) in [6.07, 6.45) is 0. The van der Waals surface area contributed by atoms with Crippen LogP contribution < -0.4 is 5.32 Å². The maximum absolute atomic E-state index is 11.2. The third kappa shape index (κ3) is 4.13. The summed E-state index contributed by atoms with van der Waals surface area (Å²) in [6.45, 7) is 6.04. The quantitative estimate of drug-likeness (QED) is 0.881. The van der Waals surface area contributed by atoms with E-state index in [0.717, 1.165) is 37.7 Å². The molecule has 1 N–H and O–H groups in total. The van der Waals surface area contributed by atoms with Gasteiger partial charge in [0.25, 0.3) is 0 Å². The molecule has 0 amide bonds. The van der Waals surface area contributed by atoms with Crippen LogP contribution in [0.1, 0.15) is 5.56 Å². The number of benzene rings is 1. The van der Waals surface area contributed by atoms with Crippen LogP contribution in [0, 0.1) is 6.92 Å². The molecule has 1 heterocycles. The summed E-state index contributed by atoms with van der Waals surface area (Å²) in [7, 11) is -0.568. The Bertz CT molecular complexity index is 385. The van der Waals surface area contributed by atoms with Gasteiger partial charge in [0, 0.05) is 54.2 Å². The molecule has 1 saturated heterocycles. The SMILES string of the molecule is Cc1cccc(NCCN2CCS(=O)CC2)c1. The minimum absolute atomic E-state index is 0.568. The van der Waals surface area contributed by atoms with Crippen molar-refractivity contribution in [1.29, 1.82) is 0 Å². The Labute approximate surface area is 106 Å². The van der Waals surface area contributed by atoms with Gasteiger partial charge in [-0.3, -0.25) is 9.11 Å². The van der Waals surface area contributed by atoms with Gasteiger partial charge in [0.1, 0.15) is 0 Å². The van der Waals surface area contributed by atoms with E-state index in [2.05, 4.69) is 41.4 Å². The Morgan fingerprint density at radius 3 is 2.82 bits per heavy atom. The first-order valence-electron chi connectivity index (χ1n) is 6.12. The molecule has 0 aromatic heterocycles. The molecule has 17 heavy (non-hydrogen) atoms. The van der Waals surface area contributed by atoms with Gasteiger partial charge in [-0.15, -0.1) is 0 Å². The number of nitrogens with one attached hydrogen (secondary N) is 1. The lowest BCUT2D eigenvalue weighted by atomic mass is 10.2. The molecule has 0 unspecified atom stereocenters. The maximum atomic E-state index is 11.2. The van der Waals surface area contributed by atoms with Crippen molar-refractivity contribution in [3.63, 3.8) is 0 Å². The normalized spacial score (nSPS) is 18.2. The van der Waals surface area contributed by atoms with Crippen LogP contribution in [-0.4, -0.2) is 46.8 Å². The second-order valence-electron chi connectivity index (χ2n) is 4.49. The van der Waals surface area contributed by atoms with Crippen molar-refractivity contribution >= 4 is 16.5 Å². The maximum Gasteiger partial charge on any atom is 0.0363 e. The molecule has 1 aromatic rings. The zero-order chi connectivity index (χ0) is 12.1. The lowest BCUT2D eigenvalue weighted by molar-refractivity contribution is 0.311. The highest BCUT2D eigenvalue weighted by Crippen LogP contribution is 2.09. The minimum Gasteiger partial charge on any atom is -0.384 e. The Morgan fingerprint density at radius 1 is 1.35 bits per heavy atom. The van der Waals surface area contributed by atoms with Crippen LogP contribution in [0.15, 0.2) is 24.3 Å². The fraction of sp³-hybridized carbons (Fsp3) is 0.538. The Balaban J connectivity index is 1.71. The molecular weight excluding hydrogens is 232 g/mol. The van der Waals surface area contributed by atoms with E-state index in [0.29, 0.717) is 0 Å². The molecule has 0 atom stereocenters. The molecule has 94 valence electrons. The molecule has 0 saturated carbocycles. The van der Waals surface area contributed by atoms with Gasteiger partial charge in [-0.1, -0.05) is 12.1 Å². The van der Waals surface area contributed by atoms with Crippen LogP contribution in [0.3, 0.4) is 0 Å². The highest BCUT2D eigenvalue weighted by atomic mass is 32.2. The van der Waals surface area contributed by atoms with Crippen LogP contribution in [0.25, 0.3) is 0 Å². The van der Waals surface area contributed by atoms with Gasteiger partial charge < -0.3 is 5.32 Å². The van der Waals surface area contributed by atoms with Crippen molar-refractivity contribution in [2.75, 3.05) is 43.0 Å². The number of nitrogens with zero attached hydrogens (tertiary/aromatic N) is 1. The lowest BCUT2D eigenvalue weighted by Crippen LogP contribution is -2.40. The monoisotopic (exact) mass is 252 g/mol. The first-order valence-corrected chi connectivity index (χ1v) is 7.61. The van der Waals surface area contributed by atoms with E-state index >= 15 is 0 Å². The van der Waals surface area contributed by atoms with Crippen LogP contribution >= 0.6 is 0 Å². The summed E-state index contributed by atoms with van der Waals surface area (Å²) in [4.78, 5) is 2.38.